The number of hydrogen-bond donors (Lipinski definition) is 0. The molecule has 0 saturated carbocycles. The Kier molecular flexibility index (Phi) is 4.84. The lowest BCUT2D eigenvalue weighted by molar-refractivity contribution is 0.439. The molecule has 0 atom stereocenters. The first-order chi connectivity index (χ1) is 8.77. The van der Waals surface area contributed by atoms with E-state index in [0.717, 1.165) is 22.4 Å². The number of aryl methyl sites for hydroxylation is 1. The van der Waals surface area contributed by atoms with E-state index in [9.17, 15) is 0 Å². The maximum Gasteiger partial charge on any atom is 0.174 e. The van der Waals surface area contributed by atoms with Gasteiger partial charge >= 0.3 is 0 Å². The minimum absolute atomic E-state index is 1.02. The van der Waals surface area contributed by atoms with Crippen LogP contribution in [-0.4, -0.2) is 11.5 Å². The van der Waals surface area contributed by atoms with Gasteiger partial charge in [-0.05, 0) is 24.0 Å². The largest absolute Gasteiger partial charge is 0.453 e. The highest BCUT2D eigenvalue weighted by Gasteiger charge is 2.18. The van der Waals surface area contributed by atoms with Crippen LogP contribution in [0.3, 0.4) is 0 Å². The topological polar surface area (TPSA) is 13.1 Å². The maximum absolute atomic E-state index is 5.94. The standard InChI is InChI=1S/C15H18OS2/c1-4-17-14-13(12-9-7-6-8-10-12)11(3)16-15(14)18-5-2/h6-10H,4-5H2,1-3H3. The van der Waals surface area contributed by atoms with E-state index in [1.165, 1.54) is 16.0 Å². The second kappa shape index (κ2) is 6.39. The van der Waals surface area contributed by atoms with Crippen LogP contribution in [0, 0.1) is 6.92 Å². The van der Waals surface area contributed by atoms with Crippen molar-refractivity contribution < 1.29 is 4.42 Å². The molecule has 0 radical (unpaired) electrons. The van der Waals surface area contributed by atoms with E-state index in [4.69, 9.17) is 4.42 Å². The summed E-state index contributed by atoms with van der Waals surface area (Å²) < 4.78 is 5.94. The quantitative estimate of drug-likeness (QED) is 0.672. The lowest BCUT2D eigenvalue weighted by atomic mass is 10.1. The summed E-state index contributed by atoms with van der Waals surface area (Å²) in [4.78, 5) is 1.30. The molecule has 0 fully saturated rings. The SMILES string of the molecule is CCSc1oc(C)c(-c2ccccc2)c1SCC. The van der Waals surface area contributed by atoms with Crippen LogP contribution in [0.5, 0.6) is 0 Å². The summed E-state index contributed by atoms with van der Waals surface area (Å²) in [5.41, 5.74) is 2.51. The van der Waals surface area contributed by atoms with Crippen molar-refractivity contribution in [2.45, 2.75) is 30.8 Å². The molecule has 0 amide bonds. The maximum atomic E-state index is 5.94. The highest BCUT2D eigenvalue weighted by molar-refractivity contribution is 8.02. The third kappa shape index (κ3) is 2.78. The van der Waals surface area contributed by atoms with Crippen LogP contribution in [0.1, 0.15) is 19.6 Å². The minimum atomic E-state index is 1.02. The first kappa shape index (κ1) is 13.6. The van der Waals surface area contributed by atoms with Gasteiger partial charge in [-0.25, -0.2) is 0 Å². The van der Waals surface area contributed by atoms with E-state index >= 15 is 0 Å². The van der Waals surface area contributed by atoms with Gasteiger partial charge in [-0.2, -0.15) is 0 Å². The van der Waals surface area contributed by atoms with Crippen LogP contribution >= 0.6 is 23.5 Å². The van der Waals surface area contributed by atoms with Crippen LogP contribution in [-0.2, 0) is 0 Å². The number of rotatable bonds is 5. The van der Waals surface area contributed by atoms with Crippen molar-refractivity contribution in [3.8, 4) is 11.1 Å². The average molecular weight is 278 g/mol. The molecule has 2 rings (SSSR count). The van der Waals surface area contributed by atoms with Crippen LogP contribution in [0.15, 0.2) is 44.7 Å². The predicted molar refractivity (Wildman–Crippen MR) is 81.7 cm³/mol. The number of benzene rings is 1. The summed E-state index contributed by atoms with van der Waals surface area (Å²) in [7, 11) is 0. The van der Waals surface area contributed by atoms with Crippen LogP contribution < -0.4 is 0 Å². The van der Waals surface area contributed by atoms with Gasteiger partial charge in [-0.1, -0.05) is 55.9 Å². The Bertz CT molecular complexity index is 503. The van der Waals surface area contributed by atoms with Crippen molar-refractivity contribution in [2.24, 2.45) is 0 Å². The molecule has 0 saturated heterocycles. The van der Waals surface area contributed by atoms with E-state index < -0.39 is 0 Å². The Labute approximate surface area is 117 Å². The molecule has 0 aliphatic carbocycles. The molecule has 18 heavy (non-hydrogen) atoms. The average Bonchev–Trinajstić information content (AvgIpc) is 2.68. The highest BCUT2D eigenvalue weighted by atomic mass is 32.2. The molecule has 0 N–H and O–H groups in total. The number of hydrogen-bond acceptors (Lipinski definition) is 3. The molecule has 1 heterocycles. The minimum Gasteiger partial charge on any atom is -0.453 e. The molecule has 1 aromatic carbocycles. The Morgan fingerprint density at radius 3 is 2.28 bits per heavy atom. The molecule has 0 aliphatic rings. The fraction of sp³-hybridized carbons (Fsp3) is 0.333. The van der Waals surface area contributed by atoms with Crippen molar-refractivity contribution in [3.63, 3.8) is 0 Å². The van der Waals surface area contributed by atoms with Crippen molar-refractivity contribution in [2.75, 3.05) is 11.5 Å². The second-order valence-electron chi connectivity index (χ2n) is 3.88. The van der Waals surface area contributed by atoms with E-state index in [1.807, 2.05) is 17.8 Å². The van der Waals surface area contributed by atoms with Gasteiger partial charge in [0.15, 0.2) is 5.09 Å². The van der Waals surface area contributed by atoms with Gasteiger partial charge in [0.25, 0.3) is 0 Å². The van der Waals surface area contributed by atoms with Crippen molar-refractivity contribution in [1.29, 1.82) is 0 Å². The summed E-state index contributed by atoms with van der Waals surface area (Å²) in [6.45, 7) is 6.40. The normalized spacial score (nSPS) is 10.8. The van der Waals surface area contributed by atoms with Gasteiger partial charge in [0.1, 0.15) is 5.76 Å². The van der Waals surface area contributed by atoms with Gasteiger partial charge < -0.3 is 4.42 Å². The third-order valence-electron chi connectivity index (χ3n) is 2.64. The molecular formula is C15H18OS2. The molecule has 2 aromatic rings. The number of thioether (sulfide) groups is 2. The van der Waals surface area contributed by atoms with Gasteiger partial charge in [0.2, 0.25) is 0 Å². The summed E-state index contributed by atoms with van der Waals surface area (Å²) in [6.07, 6.45) is 0. The predicted octanol–water partition coefficient (Wildman–Crippen LogP) is 5.48. The molecule has 0 spiro atoms. The zero-order chi connectivity index (χ0) is 13.0. The van der Waals surface area contributed by atoms with Crippen LogP contribution in [0.25, 0.3) is 11.1 Å². The summed E-state index contributed by atoms with van der Waals surface area (Å²) in [5.74, 6) is 3.13. The fourth-order valence-electron chi connectivity index (χ4n) is 1.94. The lowest BCUT2D eigenvalue weighted by Crippen LogP contribution is -1.81. The first-order valence-corrected chi connectivity index (χ1v) is 8.19. The summed E-state index contributed by atoms with van der Waals surface area (Å²) in [5, 5.41) is 1.07. The van der Waals surface area contributed by atoms with Gasteiger partial charge in [-0.15, -0.1) is 11.8 Å². The number of furan rings is 1. The third-order valence-corrected chi connectivity index (χ3v) is 4.57. The van der Waals surface area contributed by atoms with Gasteiger partial charge in [0, 0.05) is 5.56 Å². The molecule has 3 heteroatoms. The Morgan fingerprint density at radius 1 is 1.00 bits per heavy atom. The second-order valence-corrected chi connectivity index (χ2v) is 6.39. The summed E-state index contributed by atoms with van der Waals surface area (Å²) in [6, 6.07) is 10.5. The molecule has 0 bridgehead atoms. The van der Waals surface area contributed by atoms with E-state index in [1.54, 1.807) is 11.8 Å². The van der Waals surface area contributed by atoms with Crippen LogP contribution in [0.4, 0.5) is 0 Å². The van der Waals surface area contributed by atoms with E-state index in [-0.39, 0.29) is 0 Å². The first-order valence-electron chi connectivity index (χ1n) is 6.22. The Hall–Kier alpha value is -0.800. The molecular weight excluding hydrogens is 260 g/mol. The Morgan fingerprint density at radius 2 is 1.67 bits per heavy atom. The molecule has 1 aromatic heterocycles. The zero-order valence-electron chi connectivity index (χ0n) is 11.0. The molecule has 96 valence electrons. The van der Waals surface area contributed by atoms with Crippen molar-refractivity contribution in [3.05, 3.63) is 36.1 Å². The van der Waals surface area contributed by atoms with Gasteiger partial charge in [-0.3, -0.25) is 0 Å². The Balaban J connectivity index is 2.51. The molecule has 1 nitrogen and oxygen atoms in total. The molecule has 0 unspecified atom stereocenters. The fourth-order valence-corrected chi connectivity index (χ4v) is 3.83. The van der Waals surface area contributed by atoms with E-state index in [2.05, 4.69) is 45.0 Å². The monoisotopic (exact) mass is 278 g/mol. The summed E-state index contributed by atoms with van der Waals surface area (Å²) >= 11 is 3.65. The lowest BCUT2D eigenvalue weighted by Gasteiger charge is -2.04. The van der Waals surface area contributed by atoms with Crippen molar-refractivity contribution in [1.82, 2.24) is 0 Å². The highest BCUT2D eigenvalue weighted by Crippen LogP contribution is 2.43. The van der Waals surface area contributed by atoms with Crippen LogP contribution in [0.2, 0.25) is 0 Å². The molecule has 0 aliphatic heterocycles. The van der Waals surface area contributed by atoms with Gasteiger partial charge in [0.05, 0.1) is 4.90 Å². The van der Waals surface area contributed by atoms with Crippen molar-refractivity contribution >= 4 is 23.5 Å². The van der Waals surface area contributed by atoms with E-state index in [0.29, 0.717) is 0 Å². The zero-order valence-corrected chi connectivity index (χ0v) is 12.7. The smallest absolute Gasteiger partial charge is 0.174 e.